The van der Waals surface area contributed by atoms with E-state index in [0.29, 0.717) is 12.4 Å². The van der Waals surface area contributed by atoms with Crippen LogP contribution in [0.25, 0.3) is 22.2 Å². The lowest BCUT2D eigenvalue weighted by Gasteiger charge is -2.15. The molecule has 0 aliphatic rings. The molecule has 4 aromatic rings. The monoisotopic (exact) mass is 380 g/mol. The molecular formula is C19H17FN6S. The molecule has 1 unspecified atom stereocenters. The summed E-state index contributed by atoms with van der Waals surface area (Å²) in [7, 11) is 0. The Bertz CT molecular complexity index is 1030. The topological polar surface area (TPSA) is 69.4 Å². The van der Waals surface area contributed by atoms with E-state index in [1.54, 1.807) is 42.3 Å². The van der Waals surface area contributed by atoms with Gasteiger partial charge in [0.2, 0.25) is 0 Å². The van der Waals surface area contributed by atoms with Gasteiger partial charge in [0.05, 0.1) is 0 Å². The van der Waals surface area contributed by atoms with Gasteiger partial charge in [-0.3, -0.25) is 0 Å². The highest BCUT2D eigenvalue weighted by atomic mass is 32.1. The summed E-state index contributed by atoms with van der Waals surface area (Å²) in [4.78, 5) is 21.4. The van der Waals surface area contributed by atoms with E-state index in [1.807, 2.05) is 22.3 Å². The fraction of sp³-hybridized carbons (Fsp3) is 0.211. The van der Waals surface area contributed by atoms with Crippen molar-refractivity contribution in [3.05, 3.63) is 66.2 Å². The smallest absolute Gasteiger partial charge is 0.161 e. The molecule has 4 rings (SSSR count). The van der Waals surface area contributed by atoms with Gasteiger partial charge in [0.1, 0.15) is 22.7 Å². The van der Waals surface area contributed by atoms with Crippen LogP contribution in [0.5, 0.6) is 0 Å². The molecule has 6 nitrogen and oxygen atoms in total. The number of rotatable bonds is 6. The van der Waals surface area contributed by atoms with Crippen LogP contribution in [0.4, 0.5) is 4.39 Å². The van der Waals surface area contributed by atoms with Crippen LogP contribution in [-0.2, 0) is 13.0 Å². The van der Waals surface area contributed by atoms with E-state index in [0.717, 1.165) is 22.7 Å². The number of pyridine rings is 1. The van der Waals surface area contributed by atoms with Gasteiger partial charge in [0.15, 0.2) is 11.6 Å². The Morgan fingerprint density at radius 1 is 1.11 bits per heavy atom. The molecule has 8 heteroatoms. The molecule has 0 amide bonds. The molecule has 1 atom stereocenters. The summed E-state index contributed by atoms with van der Waals surface area (Å²) in [6.07, 6.45) is 11.0. The van der Waals surface area contributed by atoms with Gasteiger partial charge in [0, 0.05) is 42.9 Å². The first-order chi connectivity index (χ1) is 13.2. The van der Waals surface area contributed by atoms with Crippen LogP contribution in [0.1, 0.15) is 12.5 Å². The normalized spacial score (nSPS) is 12.2. The van der Waals surface area contributed by atoms with E-state index < -0.39 is 0 Å². The molecule has 136 valence electrons. The van der Waals surface area contributed by atoms with E-state index in [1.165, 1.54) is 6.07 Å². The second-order valence-corrected chi connectivity index (χ2v) is 7.17. The van der Waals surface area contributed by atoms with E-state index in [-0.39, 0.29) is 17.4 Å². The van der Waals surface area contributed by atoms with Gasteiger partial charge in [-0.05, 0) is 30.0 Å². The Morgan fingerprint density at radius 2 is 2.04 bits per heavy atom. The molecule has 0 radical (unpaired) electrons. The number of hydrogen-bond donors (Lipinski definition) is 0. The van der Waals surface area contributed by atoms with Gasteiger partial charge in [-0.25, -0.2) is 29.3 Å². The number of nitrogens with zero attached hydrogens (tertiary/aromatic N) is 6. The predicted octanol–water partition coefficient (Wildman–Crippen LogP) is 3.88. The van der Waals surface area contributed by atoms with E-state index in [9.17, 15) is 4.39 Å². The van der Waals surface area contributed by atoms with Crippen molar-refractivity contribution in [3.63, 3.8) is 0 Å². The lowest BCUT2D eigenvalue weighted by molar-refractivity contribution is 0.480. The predicted molar refractivity (Wildman–Crippen MR) is 101 cm³/mol. The zero-order valence-corrected chi connectivity index (χ0v) is 15.5. The summed E-state index contributed by atoms with van der Waals surface area (Å²) in [5, 5.41) is 2.82. The van der Waals surface area contributed by atoms with Crippen molar-refractivity contribution in [2.45, 2.75) is 19.9 Å². The number of aromatic nitrogens is 6. The van der Waals surface area contributed by atoms with E-state index >= 15 is 0 Å². The van der Waals surface area contributed by atoms with Crippen LogP contribution in [-0.4, -0.2) is 29.5 Å². The summed E-state index contributed by atoms with van der Waals surface area (Å²) >= 11 is 1.56. The zero-order chi connectivity index (χ0) is 18.6. The van der Waals surface area contributed by atoms with Gasteiger partial charge >= 0.3 is 0 Å². The summed E-state index contributed by atoms with van der Waals surface area (Å²) in [6.45, 7) is 2.81. The van der Waals surface area contributed by atoms with E-state index in [2.05, 4.69) is 31.8 Å². The van der Waals surface area contributed by atoms with Gasteiger partial charge in [0.25, 0.3) is 0 Å². The third-order valence-corrected chi connectivity index (χ3v) is 4.97. The second kappa shape index (κ2) is 7.71. The molecule has 0 fully saturated rings. The summed E-state index contributed by atoms with van der Waals surface area (Å²) in [5.41, 5.74) is 2.18. The third kappa shape index (κ3) is 3.75. The Labute approximate surface area is 159 Å². The molecule has 4 heterocycles. The molecule has 0 saturated carbocycles. The molecule has 0 bridgehead atoms. The summed E-state index contributed by atoms with van der Waals surface area (Å²) in [5.74, 6) is 0.416. The van der Waals surface area contributed by atoms with Crippen molar-refractivity contribution in [3.8, 4) is 22.2 Å². The van der Waals surface area contributed by atoms with Gasteiger partial charge in [-0.1, -0.05) is 6.92 Å². The summed E-state index contributed by atoms with van der Waals surface area (Å²) < 4.78 is 16.0. The van der Waals surface area contributed by atoms with Crippen molar-refractivity contribution < 1.29 is 4.39 Å². The fourth-order valence-electron chi connectivity index (χ4n) is 3.04. The zero-order valence-electron chi connectivity index (χ0n) is 14.7. The first-order valence-electron chi connectivity index (χ1n) is 8.53. The minimum atomic E-state index is -0.375. The molecule has 0 aliphatic heterocycles. The molecule has 0 aliphatic carbocycles. The highest BCUT2D eigenvalue weighted by Gasteiger charge is 2.16. The molecule has 0 spiro atoms. The molecule has 0 aromatic carbocycles. The SMILES string of the molecule is CC(Cc1cncnc1-c1nccs1)Cn1ccnc1-c1ncccc1F. The van der Waals surface area contributed by atoms with Gasteiger partial charge in [-0.15, -0.1) is 11.3 Å². The van der Waals surface area contributed by atoms with Crippen molar-refractivity contribution in [2.24, 2.45) is 5.92 Å². The Kier molecular flexibility index (Phi) is 4.97. The standard InChI is InChI=1S/C19H17FN6S/c1-13(9-14-10-21-12-25-16(14)19-24-6-8-27-19)11-26-7-5-23-18(26)17-15(20)3-2-4-22-17/h2-8,10,12-13H,9,11H2,1H3. The largest absolute Gasteiger partial charge is 0.329 e. The third-order valence-electron chi connectivity index (χ3n) is 4.19. The van der Waals surface area contributed by atoms with Gasteiger partial charge in [-0.2, -0.15) is 0 Å². The number of imidazole rings is 1. The fourth-order valence-corrected chi connectivity index (χ4v) is 3.71. The van der Waals surface area contributed by atoms with Gasteiger partial charge < -0.3 is 4.57 Å². The Balaban J connectivity index is 1.55. The summed E-state index contributed by atoms with van der Waals surface area (Å²) in [6, 6.07) is 2.97. The molecular weight excluding hydrogens is 363 g/mol. The maximum atomic E-state index is 14.1. The minimum absolute atomic E-state index is 0.259. The molecule has 27 heavy (non-hydrogen) atoms. The lowest BCUT2D eigenvalue weighted by atomic mass is 10.0. The van der Waals surface area contributed by atoms with Crippen LogP contribution in [0.15, 0.2) is 54.8 Å². The second-order valence-electron chi connectivity index (χ2n) is 6.28. The van der Waals surface area contributed by atoms with Crippen LogP contribution in [0.3, 0.4) is 0 Å². The average molecular weight is 380 g/mol. The van der Waals surface area contributed by atoms with Crippen LogP contribution >= 0.6 is 11.3 Å². The average Bonchev–Trinajstić information content (AvgIpc) is 3.35. The maximum Gasteiger partial charge on any atom is 0.161 e. The van der Waals surface area contributed by atoms with Crippen LogP contribution in [0, 0.1) is 11.7 Å². The van der Waals surface area contributed by atoms with Crippen LogP contribution < -0.4 is 0 Å². The van der Waals surface area contributed by atoms with Crippen molar-refractivity contribution in [1.29, 1.82) is 0 Å². The maximum absolute atomic E-state index is 14.1. The molecule has 4 aromatic heterocycles. The highest BCUT2D eigenvalue weighted by Crippen LogP contribution is 2.26. The first kappa shape index (κ1) is 17.4. The Morgan fingerprint density at radius 3 is 2.85 bits per heavy atom. The highest BCUT2D eigenvalue weighted by molar-refractivity contribution is 7.13. The number of thiazole rings is 1. The quantitative estimate of drug-likeness (QED) is 0.508. The molecule has 0 N–H and O–H groups in total. The van der Waals surface area contributed by atoms with E-state index in [4.69, 9.17) is 0 Å². The minimum Gasteiger partial charge on any atom is -0.329 e. The first-order valence-corrected chi connectivity index (χ1v) is 9.41. The lowest BCUT2D eigenvalue weighted by Crippen LogP contribution is -2.12. The Hall–Kier alpha value is -3.00. The van der Waals surface area contributed by atoms with Crippen LogP contribution in [0.2, 0.25) is 0 Å². The van der Waals surface area contributed by atoms with Crippen molar-refractivity contribution >= 4 is 11.3 Å². The van der Waals surface area contributed by atoms with Crippen molar-refractivity contribution in [1.82, 2.24) is 29.5 Å². The molecule has 0 saturated heterocycles. The number of halogens is 1. The number of hydrogen-bond acceptors (Lipinski definition) is 6. The van der Waals surface area contributed by atoms with Crippen molar-refractivity contribution in [2.75, 3.05) is 0 Å².